The molecule has 0 aliphatic carbocycles. The van der Waals surface area contributed by atoms with Crippen molar-refractivity contribution in [1.82, 2.24) is 4.90 Å². The number of hydrogen-bond acceptors (Lipinski definition) is 3. The van der Waals surface area contributed by atoms with Crippen LogP contribution in [0.3, 0.4) is 0 Å². The van der Waals surface area contributed by atoms with Gasteiger partial charge in [0.25, 0.3) is 0 Å². The molecule has 1 heterocycles. The number of imide groups is 1. The molecular weight excluding hydrogens is 174 g/mol. The molecule has 3 nitrogen and oxygen atoms in total. The van der Waals surface area contributed by atoms with Crippen LogP contribution in [0, 0.1) is 0 Å². The Bertz CT molecular complexity index is 215. The number of thioether (sulfide) groups is 1. The molecule has 1 aliphatic heterocycles. The molecule has 4 heteroatoms. The summed E-state index contributed by atoms with van der Waals surface area (Å²) in [6, 6.07) is 0.00199. The van der Waals surface area contributed by atoms with E-state index in [1.165, 1.54) is 16.7 Å². The Balaban J connectivity index is 2.77. The molecule has 1 unspecified atom stereocenters. The van der Waals surface area contributed by atoms with Crippen LogP contribution in [0.1, 0.15) is 20.3 Å². The molecular formula is C8H13NO2S. The van der Waals surface area contributed by atoms with E-state index >= 15 is 0 Å². The highest BCUT2D eigenvalue weighted by atomic mass is 32.2. The van der Waals surface area contributed by atoms with Gasteiger partial charge in [0.2, 0.25) is 11.8 Å². The summed E-state index contributed by atoms with van der Waals surface area (Å²) in [7, 11) is 0. The first-order valence-corrected chi connectivity index (χ1v) is 5.25. The minimum Gasteiger partial charge on any atom is -0.279 e. The Kier molecular flexibility index (Phi) is 2.77. The number of carbonyl (C=O) groups is 2. The monoisotopic (exact) mass is 187 g/mol. The van der Waals surface area contributed by atoms with Gasteiger partial charge in [0.05, 0.1) is 5.25 Å². The van der Waals surface area contributed by atoms with Gasteiger partial charge >= 0.3 is 0 Å². The summed E-state index contributed by atoms with van der Waals surface area (Å²) in [5, 5.41) is -0.139. The molecule has 0 spiro atoms. The van der Waals surface area contributed by atoms with Crippen LogP contribution < -0.4 is 0 Å². The lowest BCUT2D eigenvalue weighted by atomic mass is 10.3. The number of rotatable bonds is 2. The molecule has 2 amide bonds. The molecule has 12 heavy (non-hydrogen) atoms. The molecule has 0 aromatic rings. The van der Waals surface area contributed by atoms with Crippen molar-refractivity contribution in [3.05, 3.63) is 0 Å². The van der Waals surface area contributed by atoms with Crippen LogP contribution in [0.25, 0.3) is 0 Å². The molecule has 1 fully saturated rings. The van der Waals surface area contributed by atoms with Crippen molar-refractivity contribution in [2.45, 2.75) is 31.6 Å². The van der Waals surface area contributed by atoms with Crippen LogP contribution in [-0.4, -0.2) is 34.3 Å². The van der Waals surface area contributed by atoms with Crippen LogP contribution >= 0.6 is 11.8 Å². The van der Waals surface area contributed by atoms with Crippen LogP contribution in [0.4, 0.5) is 0 Å². The third-order valence-electron chi connectivity index (χ3n) is 1.94. The topological polar surface area (TPSA) is 37.4 Å². The largest absolute Gasteiger partial charge is 0.279 e. The van der Waals surface area contributed by atoms with Crippen LogP contribution in [-0.2, 0) is 9.59 Å². The smallest absolute Gasteiger partial charge is 0.243 e. The van der Waals surface area contributed by atoms with Gasteiger partial charge in [-0.3, -0.25) is 14.5 Å². The highest BCUT2D eigenvalue weighted by Gasteiger charge is 2.39. The molecule has 68 valence electrons. The first-order chi connectivity index (χ1) is 5.57. The summed E-state index contributed by atoms with van der Waals surface area (Å²) >= 11 is 1.45. The molecule has 1 aliphatic rings. The van der Waals surface area contributed by atoms with E-state index in [1.54, 1.807) is 0 Å². The summed E-state index contributed by atoms with van der Waals surface area (Å²) in [5.74, 6) is -0.0585. The van der Waals surface area contributed by atoms with Crippen molar-refractivity contribution >= 4 is 23.6 Å². The zero-order valence-corrected chi connectivity index (χ0v) is 8.35. The van der Waals surface area contributed by atoms with E-state index in [4.69, 9.17) is 0 Å². The number of nitrogens with zero attached hydrogens (tertiary/aromatic N) is 1. The van der Waals surface area contributed by atoms with Gasteiger partial charge in [-0.05, 0) is 20.1 Å². The Hall–Kier alpha value is -0.510. The standard InChI is InChI=1S/C8H13NO2S/c1-5(2)9-7(10)4-6(12-3)8(9)11/h5-6H,4H2,1-3H3. The van der Waals surface area contributed by atoms with Gasteiger partial charge in [0, 0.05) is 12.5 Å². The number of likely N-dealkylation sites (tertiary alicyclic amines) is 1. The zero-order valence-electron chi connectivity index (χ0n) is 7.53. The summed E-state index contributed by atoms with van der Waals surface area (Å²) < 4.78 is 0. The fourth-order valence-electron chi connectivity index (χ4n) is 1.35. The SMILES string of the molecule is CSC1CC(=O)N(C(C)C)C1=O. The summed E-state index contributed by atoms with van der Waals surface area (Å²) in [4.78, 5) is 24.1. The third-order valence-corrected chi connectivity index (χ3v) is 2.88. The van der Waals surface area contributed by atoms with Gasteiger partial charge in [-0.2, -0.15) is 11.8 Å². The molecule has 0 bridgehead atoms. The maximum absolute atomic E-state index is 11.5. The second-order valence-electron chi connectivity index (χ2n) is 3.12. The van der Waals surface area contributed by atoms with Gasteiger partial charge in [-0.1, -0.05) is 0 Å². The van der Waals surface area contributed by atoms with Gasteiger partial charge in [-0.15, -0.1) is 0 Å². The van der Waals surface area contributed by atoms with Gasteiger partial charge in [-0.25, -0.2) is 0 Å². The second-order valence-corrected chi connectivity index (χ2v) is 4.16. The number of carbonyl (C=O) groups excluding carboxylic acids is 2. The maximum atomic E-state index is 11.5. The molecule has 1 atom stereocenters. The van der Waals surface area contributed by atoms with Crippen LogP contribution in [0.2, 0.25) is 0 Å². The Morgan fingerprint density at radius 3 is 2.33 bits per heavy atom. The second kappa shape index (κ2) is 3.47. The van der Waals surface area contributed by atoms with E-state index in [0.717, 1.165) is 0 Å². The normalized spacial score (nSPS) is 24.3. The van der Waals surface area contributed by atoms with Crippen LogP contribution in [0.5, 0.6) is 0 Å². The average molecular weight is 187 g/mol. The van der Waals surface area contributed by atoms with E-state index in [2.05, 4.69) is 0 Å². The van der Waals surface area contributed by atoms with Crippen molar-refractivity contribution in [1.29, 1.82) is 0 Å². The Labute approximate surface area is 76.5 Å². The lowest BCUT2D eigenvalue weighted by Gasteiger charge is -2.18. The highest BCUT2D eigenvalue weighted by molar-refractivity contribution is 8.00. The minimum atomic E-state index is -0.139. The third kappa shape index (κ3) is 1.48. The molecule has 0 saturated carbocycles. The fourth-order valence-corrected chi connectivity index (χ4v) is 1.97. The van der Waals surface area contributed by atoms with Crippen molar-refractivity contribution in [3.63, 3.8) is 0 Å². The van der Waals surface area contributed by atoms with E-state index in [1.807, 2.05) is 20.1 Å². The lowest BCUT2D eigenvalue weighted by Crippen LogP contribution is -2.37. The molecule has 0 aromatic carbocycles. The van der Waals surface area contributed by atoms with E-state index in [9.17, 15) is 9.59 Å². The van der Waals surface area contributed by atoms with Gasteiger partial charge in [0.1, 0.15) is 0 Å². The molecule has 0 N–H and O–H groups in total. The van der Waals surface area contributed by atoms with Gasteiger partial charge < -0.3 is 0 Å². The number of hydrogen-bond donors (Lipinski definition) is 0. The Morgan fingerprint density at radius 1 is 1.50 bits per heavy atom. The van der Waals surface area contributed by atoms with E-state index < -0.39 is 0 Å². The quantitative estimate of drug-likeness (QED) is 0.602. The predicted octanol–water partition coefficient (Wildman–Crippen LogP) is 0.885. The minimum absolute atomic E-state index is 0.00199. The first-order valence-electron chi connectivity index (χ1n) is 3.96. The van der Waals surface area contributed by atoms with Crippen molar-refractivity contribution < 1.29 is 9.59 Å². The maximum Gasteiger partial charge on any atom is 0.243 e. The average Bonchev–Trinajstić information content (AvgIpc) is 2.25. The molecule has 1 rings (SSSR count). The first kappa shape index (κ1) is 9.58. The van der Waals surface area contributed by atoms with Crippen molar-refractivity contribution in [3.8, 4) is 0 Å². The lowest BCUT2D eigenvalue weighted by molar-refractivity contribution is -0.140. The van der Waals surface area contributed by atoms with Crippen molar-refractivity contribution in [2.75, 3.05) is 6.26 Å². The van der Waals surface area contributed by atoms with E-state index in [0.29, 0.717) is 6.42 Å². The predicted molar refractivity (Wildman–Crippen MR) is 48.9 cm³/mol. The summed E-state index contributed by atoms with van der Waals surface area (Å²) in [6.45, 7) is 3.72. The number of amides is 2. The summed E-state index contributed by atoms with van der Waals surface area (Å²) in [6.07, 6.45) is 2.23. The summed E-state index contributed by atoms with van der Waals surface area (Å²) in [5.41, 5.74) is 0. The zero-order chi connectivity index (χ0) is 9.30. The molecule has 1 saturated heterocycles. The van der Waals surface area contributed by atoms with E-state index in [-0.39, 0.29) is 23.1 Å². The molecule has 0 aromatic heterocycles. The Morgan fingerprint density at radius 2 is 2.08 bits per heavy atom. The van der Waals surface area contributed by atoms with Gasteiger partial charge in [0.15, 0.2) is 0 Å². The highest BCUT2D eigenvalue weighted by Crippen LogP contribution is 2.24. The molecule has 0 radical (unpaired) electrons. The fraction of sp³-hybridized carbons (Fsp3) is 0.750. The van der Waals surface area contributed by atoms with Crippen molar-refractivity contribution in [2.24, 2.45) is 0 Å². The van der Waals surface area contributed by atoms with Crippen LogP contribution in [0.15, 0.2) is 0 Å².